The molecule has 3 amide bonds. The van der Waals surface area contributed by atoms with Gasteiger partial charge in [0, 0.05) is 36.6 Å². The average Bonchev–Trinajstić information content (AvgIpc) is 3.60. The molecule has 3 rings (SSSR count). The zero-order valence-corrected chi connectivity index (χ0v) is 23.6. The van der Waals surface area contributed by atoms with Crippen LogP contribution in [0.1, 0.15) is 51.5 Å². The molecule has 10 N–H and O–H groups in total. The number of hydrogen-bond acceptors (Lipinski definition) is 6. The first-order valence-corrected chi connectivity index (χ1v) is 14.0. The number of aliphatic imine (C=N–C) groups is 1. The quantitative estimate of drug-likeness (QED) is 0.0940. The minimum Gasteiger partial charge on any atom is -0.480 e. The van der Waals surface area contributed by atoms with Crippen LogP contribution in [0.25, 0.3) is 10.9 Å². The summed E-state index contributed by atoms with van der Waals surface area (Å²) in [6, 6.07) is 3.76. The number of benzene rings is 1. The highest BCUT2D eigenvalue weighted by molar-refractivity contribution is 5.95. The third kappa shape index (κ3) is 8.19. The third-order valence-corrected chi connectivity index (χ3v) is 7.63. The Morgan fingerprint density at radius 2 is 1.90 bits per heavy atom. The second-order valence-corrected chi connectivity index (χ2v) is 10.6. The van der Waals surface area contributed by atoms with Gasteiger partial charge in [-0.25, -0.2) is 4.79 Å². The number of carbonyl (C=O) groups is 4. The van der Waals surface area contributed by atoms with Crippen molar-refractivity contribution in [2.45, 2.75) is 76.5 Å². The first-order chi connectivity index (χ1) is 19.5. The maximum atomic E-state index is 13.8. The number of nitrogens with one attached hydrogen (secondary N) is 3. The number of H-pyrrole nitrogens is 1. The van der Waals surface area contributed by atoms with Crippen LogP contribution in [0.4, 0.5) is 0 Å². The molecule has 41 heavy (non-hydrogen) atoms. The zero-order valence-electron chi connectivity index (χ0n) is 23.6. The van der Waals surface area contributed by atoms with E-state index in [9.17, 15) is 24.3 Å². The number of nitrogens with two attached hydrogens (primary N) is 3. The summed E-state index contributed by atoms with van der Waals surface area (Å²) in [7, 11) is 0. The number of carbonyl (C=O) groups excluding carboxylic acids is 3. The number of hydrogen-bond donors (Lipinski definition) is 7. The van der Waals surface area contributed by atoms with E-state index >= 15 is 0 Å². The highest BCUT2D eigenvalue weighted by Crippen LogP contribution is 2.22. The van der Waals surface area contributed by atoms with Gasteiger partial charge in [-0.3, -0.25) is 19.4 Å². The van der Waals surface area contributed by atoms with E-state index in [-0.39, 0.29) is 18.3 Å². The predicted octanol–water partition coefficient (Wildman–Crippen LogP) is 0.183. The lowest BCUT2D eigenvalue weighted by Gasteiger charge is -2.31. The fourth-order valence-corrected chi connectivity index (χ4v) is 5.06. The van der Waals surface area contributed by atoms with Gasteiger partial charge < -0.3 is 42.8 Å². The Morgan fingerprint density at radius 3 is 2.59 bits per heavy atom. The lowest BCUT2D eigenvalue weighted by molar-refractivity contribution is -0.150. The highest BCUT2D eigenvalue weighted by Gasteiger charge is 2.40. The molecule has 2 aromatic rings. The highest BCUT2D eigenvalue weighted by atomic mass is 16.4. The predicted molar refractivity (Wildman–Crippen MR) is 156 cm³/mol. The van der Waals surface area contributed by atoms with Crippen LogP contribution >= 0.6 is 0 Å². The van der Waals surface area contributed by atoms with E-state index < -0.39 is 47.9 Å². The van der Waals surface area contributed by atoms with Gasteiger partial charge in [0.25, 0.3) is 0 Å². The Bertz CT molecular complexity index is 1260. The summed E-state index contributed by atoms with van der Waals surface area (Å²) < 4.78 is 0. The first kappa shape index (κ1) is 31.4. The number of likely N-dealkylation sites (tertiary alicyclic amines) is 1. The number of amides is 3. The normalized spacial score (nSPS) is 17.8. The number of aromatic amines is 1. The molecule has 1 aromatic heterocycles. The molecule has 1 aliphatic heterocycles. The molecule has 5 unspecified atom stereocenters. The van der Waals surface area contributed by atoms with Crippen LogP contribution in [-0.4, -0.2) is 81.9 Å². The van der Waals surface area contributed by atoms with Crippen molar-refractivity contribution in [3.63, 3.8) is 0 Å². The van der Waals surface area contributed by atoms with E-state index in [1.165, 1.54) is 4.90 Å². The lowest BCUT2D eigenvalue weighted by Crippen LogP contribution is -2.59. The van der Waals surface area contributed by atoms with E-state index in [1.54, 1.807) is 6.20 Å². The van der Waals surface area contributed by atoms with Gasteiger partial charge in [0.05, 0.1) is 6.04 Å². The van der Waals surface area contributed by atoms with E-state index in [4.69, 9.17) is 17.2 Å². The van der Waals surface area contributed by atoms with Crippen molar-refractivity contribution in [2.24, 2.45) is 28.1 Å². The summed E-state index contributed by atoms with van der Waals surface area (Å²) in [6.45, 7) is 4.34. The Hall–Kier alpha value is -4.13. The van der Waals surface area contributed by atoms with Gasteiger partial charge in [-0.1, -0.05) is 38.5 Å². The minimum absolute atomic E-state index is 0.0486. The van der Waals surface area contributed by atoms with Gasteiger partial charge in [0.1, 0.15) is 18.1 Å². The molecule has 0 saturated carbocycles. The summed E-state index contributed by atoms with van der Waals surface area (Å²) in [5, 5.41) is 16.1. The summed E-state index contributed by atoms with van der Waals surface area (Å²) >= 11 is 0. The van der Waals surface area contributed by atoms with Crippen LogP contribution < -0.4 is 27.8 Å². The van der Waals surface area contributed by atoms with Gasteiger partial charge in [-0.05, 0) is 43.2 Å². The minimum atomic E-state index is -1.07. The van der Waals surface area contributed by atoms with Crippen LogP contribution in [0.2, 0.25) is 0 Å². The fraction of sp³-hybridized carbons (Fsp3) is 0.536. The van der Waals surface area contributed by atoms with Crippen LogP contribution in [0.5, 0.6) is 0 Å². The van der Waals surface area contributed by atoms with Gasteiger partial charge >= 0.3 is 5.97 Å². The molecule has 224 valence electrons. The molecule has 0 radical (unpaired) electrons. The topological polar surface area (TPSA) is 222 Å². The molecule has 1 aromatic carbocycles. The van der Waals surface area contributed by atoms with Crippen molar-refractivity contribution >= 4 is 40.6 Å². The van der Waals surface area contributed by atoms with Crippen molar-refractivity contribution in [2.75, 3.05) is 13.1 Å². The van der Waals surface area contributed by atoms with Gasteiger partial charge in [-0.15, -0.1) is 0 Å². The summed E-state index contributed by atoms with van der Waals surface area (Å²) in [4.78, 5) is 60.5. The van der Waals surface area contributed by atoms with Crippen LogP contribution in [0, 0.1) is 5.92 Å². The standard InChI is InChI=1S/C28H42N8O5/c1-3-16(2)23(26(39)36-13-7-11-22(36)27(40)41)35-25(38)21(14-17-15-33-20-10-5-4-8-18(17)20)34-24(37)19(29)9-6-12-32-28(30)31/h4-5,8,10,15-16,19,21-23,33H,3,6-7,9,11-14,29H2,1-2H3,(H,34,37)(H,35,38)(H,40,41)(H4,30,31,32). The Kier molecular flexibility index (Phi) is 11.1. The van der Waals surface area contributed by atoms with Crippen LogP contribution in [-0.2, 0) is 25.6 Å². The van der Waals surface area contributed by atoms with Gasteiger partial charge in [0.2, 0.25) is 17.7 Å². The molecule has 1 aliphatic rings. The van der Waals surface area contributed by atoms with Crippen molar-refractivity contribution in [3.05, 3.63) is 36.0 Å². The maximum absolute atomic E-state index is 13.8. The van der Waals surface area contributed by atoms with E-state index in [0.717, 1.165) is 16.5 Å². The smallest absolute Gasteiger partial charge is 0.326 e. The largest absolute Gasteiger partial charge is 0.480 e. The fourth-order valence-electron chi connectivity index (χ4n) is 5.06. The second-order valence-electron chi connectivity index (χ2n) is 10.6. The number of carboxylic acids is 1. The maximum Gasteiger partial charge on any atom is 0.326 e. The summed E-state index contributed by atoms with van der Waals surface area (Å²) in [5.41, 5.74) is 18.5. The Morgan fingerprint density at radius 1 is 1.17 bits per heavy atom. The van der Waals surface area contributed by atoms with Gasteiger partial charge in [-0.2, -0.15) is 0 Å². The van der Waals surface area contributed by atoms with E-state index in [0.29, 0.717) is 45.2 Å². The number of fused-ring (bicyclic) bond motifs is 1. The molecule has 1 saturated heterocycles. The molecule has 0 bridgehead atoms. The molecule has 2 heterocycles. The molecule has 1 fully saturated rings. The van der Waals surface area contributed by atoms with Crippen molar-refractivity contribution in [1.82, 2.24) is 20.5 Å². The molecular formula is C28H42N8O5. The third-order valence-electron chi connectivity index (χ3n) is 7.63. The lowest BCUT2D eigenvalue weighted by atomic mass is 9.96. The molecular weight excluding hydrogens is 528 g/mol. The zero-order chi connectivity index (χ0) is 30.1. The Balaban J connectivity index is 1.82. The molecule has 5 atom stereocenters. The van der Waals surface area contributed by atoms with Crippen molar-refractivity contribution < 1.29 is 24.3 Å². The second kappa shape index (κ2) is 14.5. The number of rotatable bonds is 14. The number of nitrogens with zero attached hydrogens (tertiary/aromatic N) is 2. The summed E-state index contributed by atoms with van der Waals surface area (Å²) in [5.74, 6) is -2.90. The number of para-hydroxylation sites is 1. The molecule has 13 heteroatoms. The number of carboxylic acid groups (broad SMARTS) is 1. The number of guanidine groups is 1. The van der Waals surface area contributed by atoms with E-state index in [1.807, 2.05) is 38.1 Å². The SMILES string of the molecule is CCC(C)C(NC(=O)C(Cc1c[nH]c2ccccc12)NC(=O)C(N)CCCN=C(N)N)C(=O)N1CCCC1C(=O)O. The summed E-state index contributed by atoms with van der Waals surface area (Å²) in [6.07, 6.45) is 4.20. The average molecular weight is 571 g/mol. The Labute approximate surface area is 239 Å². The van der Waals surface area contributed by atoms with Gasteiger partial charge in [0.15, 0.2) is 5.96 Å². The molecule has 13 nitrogen and oxygen atoms in total. The van der Waals surface area contributed by atoms with Crippen LogP contribution in [0.15, 0.2) is 35.5 Å². The number of aromatic nitrogens is 1. The first-order valence-electron chi connectivity index (χ1n) is 14.0. The molecule has 0 spiro atoms. The molecule has 0 aliphatic carbocycles. The van der Waals surface area contributed by atoms with Crippen molar-refractivity contribution in [3.8, 4) is 0 Å². The van der Waals surface area contributed by atoms with Crippen molar-refractivity contribution in [1.29, 1.82) is 0 Å². The monoisotopic (exact) mass is 570 g/mol. The van der Waals surface area contributed by atoms with Crippen LogP contribution in [0.3, 0.4) is 0 Å². The van der Waals surface area contributed by atoms with E-state index in [2.05, 4.69) is 20.6 Å². The number of aliphatic carboxylic acids is 1.